The molecule has 0 saturated carbocycles. The van der Waals surface area contributed by atoms with Gasteiger partial charge in [-0.25, -0.2) is 0 Å². The molecule has 10 heavy (non-hydrogen) atoms. The standard InChI is InChI=1S/C6H2B2S2/c7-5-1-3-4(10-5)2-6(8)9-3/h1-2H. The SMILES string of the molecule is [B]c1cc2sc([B])cc2s1. The molecule has 2 heterocycles. The second-order valence-corrected chi connectivity index (χ2v) is 4.26. The summed E-state index contributed by atoms with van der Waals surface area (Å²) in [6, 6.07) is 3.92. The molecule has 0 bridgehead atoms. The highest BCUT2D eigenvalue weighted by Crippen LogP contribution is 2.21. The van der Waals surface area contributed by atoms with E-state index in [1.807, 2.05) is 12.1 Å². The topological polar surface area (TPSA) is 0 Å². The molecule has 0 aliphatic rings. The number of rotatable bonds is 0. The van der Waals surface area contributed by atoms with Crippen LogP contribution in [0, 0.1) is 0 Å². The Labute approximate surface area is 69.7 Å². The number of fused-ring (bicyclic) bond motifs is 1. The second-order valence-electron chi connectivity index (χ2n) is 2.03. The Balaban J connectivity index is 2.83. The van der Waals surface area contributed by atoms with Crippen molar-refractivity contribution >= 4 is 57.3 Å². The van der Waals surface area contributed by atoms with Gasteiger partial charge in [0.05, 0.1) is 0 Å². The first-order valence-electron chi connectivity index (χ1n) is 2.80. The zero-order valence-electron chi connectivity index (χ0n) is 5.13. The largest absolute Gasteiger partial charge is 0.151 e. The van der Waals surface area contributed by atoms with Crippen molar-refractivity contribution in [1.29, 1.82) is 0 Å². The minimum atomic E-state index is 0.862. The van der Waals surface area contributed by atoms with Crippen LogP contribution < -0.4 is 9.55 Å². The Morgan fingerprint density at radius 1 is 0.900 bits per heavy atom. The van der Waals surface area contributed by atoms with Gasteiger partial charge >= 0.3 is 0 Å². The fraction of sp³-hybridized carbons (Fsp3) is 0. The van der Waals surface area contributed by atoms with Crippen LogP contribution in [-0.2, 0) is 0 Å². The Bertz CT molecular complexity index is 298. The van der Waals surface area contributed by atoms with Gasteiger partial charge in [0.15, 0.2) is 0 Å². The quantitative estimate of drug-likeness (QED) is 0.493. The third kappa shape index (κ3) is 0.917. The van der Waals surface area contributed by atoms with Gasteiger partial charge in [-0.1, -0.05) is 0 Å². The summed E-state index contributed by atoms with van der Waals surface area (Å²) in [5.41, 5.74) is 0. The van der Waals surface area contributed by atoms with Crippen molar-refractivity contribution in [2.45, 2.75) is 0 Å². The van der Waals surface area contributed by atoms with E-state index in [0.717, 1.165) is 9.55 Å². The minimum absolute atomic E-state index is 0.862. The van der Waals surface area contributed by atoms with Crippen LogP contribution in [0.4, 0.5) is 0 Å². The monoisotopic (exact) mass is 160 g/mol. The maximum absolute atomic E-state index is 5.57. The lowest BCUT2D eigenvalue weighted by Gasteiger charge is -1.75. The molecule has 0 aliphatic carbocycles. The van der Waals surface area contributed by atoms with Crippen LogP contribution >= 0.6 is 22.7 Å². The van der Waals surface area contributed by atoms with E-state index in [0.29, 0.717) is 0 Å². The van der Waals surface area contributed by atoms with Crippen molar-refractivity contribution in [2.75, 3.05) is 0 Å². The van der Waals surface area contributed by atoms with Crippen LogP contribution in [0.3, 0.4) is 0 Å². The average Bonchev–Trinajstić information content (AvgIpc) is 2.21. The van der Waals surface area contributed by atoms with Crippen molar-refractivity contribution in [1.82, 2.24) is 0 Å². The molecule has 2 rings (SSSR count). The van der Waals surface area contributed by atoms with Crippen LogP contribution in [-0.4, -0.2) is 15.7 Å². The molecule has 4 heteroatoms. The van der Waals surface area contributed by atoms with Crippen LogP contribution in [0.25, 0.3) is 9.40 Å². The van der Waals surface area contributed by atoms with Gasteiger partial charge in [0, 0.05) is 9.40 Å². The molecule has 44 valence electrons. The number of hydrogen-bond acceptors (Lipinski definition) is 2. The first-order valence-corrected chi connectivity index (χ1v) is 4.43. The van der Waals surface area contributed by atoms with E-state index in [4.69, 9.17) is 15.7 Å². The molecule has 0 spiro atoms. The van der Waals surface area contributed by atoms with E-state index in [-0.39, 0.29) is 0 Å². The van der Waals surface area contributed by atoms with Gasteiger partial charge in [-0.15, -0.1) is 0 Å². The van der Waals surface area contributed by atoms with Crippen molar-refractivity contribution in [2.24, 2.45) is 0 Å². The zero-order valence-corrected chi connectivity index (χ0v) is 6.76. The molecule has 0 aromatic carbocycles. The summed E-state index contributed by atoms with van der Waals surface area (Å²) in [5, 5.41) is 0. The Kier molecular flexibility index (Phi) is 1.39. The molecule has 0 fully saturated rings. The molecule has 2 aromatic heterocycles. The van der Waals surface area contributed by atoms with Crippen molar-refractivity contribution < 1.29 is 0 Å². The molecule has 0 nitrogen and oxygen atoms in total. The van der Waals surface area contributed by atoms with Crippen molar-refractivity contribution in [3.8, 4) is 0 Å². The van der Waals surface area contributed by atoms with E-state index in [1.165, 1.54) is 9.40 Å². The minimum Gasteiger partial charge on any atom is -0.151 e. The highest BCUT2D eigenvalue weighted by Gasteiger charge is 1.99. The van der Waals surface area contributed by atoms with Crippen LogP contribution in [0.2, 0.25) is 0 Å². The Morgan fingerprint density at radius 3 is 1.70 bits per heavy atom. The zero-order chi connectivity index (χ0) is 7.14. The summed E-state index contributed by atoms with van der Waals surface area (Å²) in [7, 11) is 11.1. The normalized spacial score (nSPS) is 10.8. The predicted octanol–water partition coefficient (Wildman–Crippen LogP) is 0.550. The molecule has 0 N–H and O–H groups in total. The average molecular weight is 160 g/mol. The smallest absolute Gasteiger partial charge is 0.128 e. The second kappa shape index (κ2) is 2.14. The molecule has 0 atom stereocenters. The molecule has 4 radical (unpaired) electrons. The first-order chi connectivity index (χ1) is 4.75. The van der Waals surface area contributed by atoms with Crippen LogP contribution in [0.15, 0.2) is 12.1 Å². The Morgan fingerprint density at radius 2 is 1.30 bits per heavy atom. The molecule has 0 unspecified atom stereocenters. The van der Waals surface area contributed by atoms with Gasteiger partial charge in [-0.2, -0.15) is 22.7 Å². The lowest BCUT2D eigenvalue weighted by molar-refractivity contribution is 2.33. The molecular formula is C6H2B2S2. The van der Waals surface area contributed by atoms with Gasteiger partial charge in [0.1, 0.15) is 15.7 Å². The van der Waals surface area contributed by atoms with E-state index < -0.39 is 0 Å². The molecule has 0 amide bonds. The van der Waals surface area contributed by atoms with Crippen molar-refractivity contribution in [3.05, 3.63) is 12.1 Å². The first kappa shape index (κ1) is 6.50. The van der Waals surface area contributed by atoms with Crippen LogP contribution in [0.1, 0.15) is 0 Å². The fourth-order valence-corrected chi connectivity index (χ4v) is 2.82. The lowest BCUT2D eigenvalue weighted by atomic mass is 10.1. The molecule has 2 aromatic rings. The summed E-state index contributed by atoms with van der Waals surface area (Å²) in [6.45, 7) is 0. The van der Waals surface area contributed by atoms with E-state index >= 15 is 0 Å². The van der Waals surface area contributed by atoms with Crippen molar-refractivity contribution in [3.63, 3.8) is 0 Å². The maximum Gasteiger partial charge on any atom is 0.128 e. The predicted molar refractivity (Wildman–Crippen MR) is 50.5 cm³/mol. The lowest BCUT2D eigenvalue weighted by Crippen LogP contribution is -1.92. The van der Waals surface area contributed by atoms with Gasteiger partial charge in [0.2, 0.25) is 0 Å². The van der Waals surface area contributed by atoms with Crippen LogP contribution in [0.5, 0.6) is 0 Å². The highest BCUT2D eigenvalue weighted by molar-refractivity contribution is 7.34. The molecule has 0 saturated heterocycles. The third-order valence-corrected chi connectivity index (χ3v) is 3.20. The van der Waals surface area contributed by atoms with Gasteiger partial charge in [-0.05, 0) is 21.7 Å². The molecular weight excluding hydrogens is 158 g/mol. The van der Waals surface area contributed by atoms with E-state index in [9.17, 15) is 0 Å². The Hall–Kier alpha value is -0.210. The summed E-state index contributed by atoms with van der Waals surface area (Å²) < 4.78 is 4.11. The van der Waals surface area contributed by atoms with Gasteiger partial charge in [0.25, 0.3) is 0 Å². The summed E-state index contributed by atoms with van der Waals surface area (Å²) in [6.07, 6.45) is 0. The number of thiophene rings is 2. The fourth-order valence-electron chi connectivity index (χ4n) is 0.873. The summed E-state index contributed by atoms with van der Waals surface area (Å²) in [5.74, 6) is 0. The molecule has 0 aliphatic heterocycles. The van der Waals surface area contributed by atoms with Gasteiger partial charge < -0.3 is 0 Å². The summed E-state index contributed by atoms with van der Waals surface area (Å²) >= 11 is 3.16. The number of hydrogen-bond donors (Lipinski definition) is 0. The maximum atomic E-state index is 5.57. The van der Waals surface area contributed by atoms with E-state index in [2.05, 4.69) is 0 Å². The van der Waals surface area contributed by atoms with Gasteiger partial charge in [-0.3, -0.25) is 0 Å². The third-order valence-electron chi connectivity index (χ3n) is 1.25. The van der Waals surface area contributed by atoms with E-state index in [1.54, 1.807) is 22.7 Å². The summed E-state index contributed by atoms with van der Waals surface area (Å²) in [4.78, 5) is 0. The highest BCUT2D eigenvalue weighted by atomic mass is 32.1.